The van der Waals surface area contributed by atoms with Crippen LogP contribution in [-0.4, -0.2) is 42.6 Å². The number of hydrogen-bond acceptors (Lipinski definition) is 10. The highest BCUT2D eigenvalue weighted by molar-refractivity contribution is 5.93. The lowest BCUT2D eigenvalue weighted by Crippen LogP contribution is -2.22. The van der Waals surface area contributed by atoms with E-state index in [2.05, 4.69) is 0 Å². The fraction of sp³-hybridized carbons (Fsp3) is 0.185. The van der Waals surface area contributed by atoms with Crippen molar-refractivity contribution in [2.75, 3.05) is 21.3 Å². The average Bonchev–Trinajstić information content (AvgIpc) is 2.88. The summed E-state index contributed by atoms with van der Waals surface area (Å²) in [5.74, 6) is -1.17. The largest absolute Gasteiger partial charge is 0.507 e. The lowest BCUT2D eigenvalue weighted by Gasteiger charge is -2.27. The molecule has 3 N–H and O–H groups in total. The van der Waals surface area contributed by atoms with Gasteiger partial charge < -0.3 is 38.7 Å². The van der Waals surface area contributed by atoms with E-state index in [4.69, 9.17) is 23.4 Å². The number of carbonyl (C=O) groups is 1. The summed E-state index contributed by atoms with van der Waals surface area (Å²) in [6, 6.07) is 9.72. The molecule has 5 rings (SSSR count). The topological polar surface area (TPSA) is 145 Å². The Labute approximate surface area is 209 Å². The minimum Gasteiger partial charge on any atom is -0.507 e. The molecule has 10 heteroatoms. The molecule has 190 valence electrons. The normalized spacial score (nSPS) is 14.7. The van der Waals surface area contributed by atoms with E-state index in [0.717, 1.165) is 0 Å². The molecule has 1 aliphatic heterocycles. The maximum absolute atomic E-state index is 13.1. The highest BCUT2D eigenvalue weighted by Gasteiger charge is 2.34. The molecule has 3 aromatic carbocycles. The van der Waals surface area contributed by atoms with Crippen LogP contribution in [0.5, 0.6) is 40.2 Å². The van der Waals surface area contributed by atoms with Crippen LogP contribution < -0.4 is 24.4 Å². The number of carbonyl (C=O) groups excluding carboxylic acids is 1. The van der Waals surface area contributed by atoms with E-state index in [9.17, 15) is 24.9 Å². The highest BCUT2D eigenvalue weighted by Crippen LogP contribution is 2.49. The van der Waals surface area contributed by atoms with Crippen LogP contribution in [0.15, 0.2) is 51.7 Å². The van der Waals surface area contributed by atoms with Gasteiger partial charge in [-0.25, -0.2) is 0 Å². The van der Waals surface area contributed by atoms with Crippen molar-refractivity contribution in [2.45, 2.75) is 12.3 Å². The van der Waals surface area contributed by atoms with E-state index in [1.807, 2.05) is 0 Å². The van der Waals surface area contributed by atoms with E-state index >= 15 is 0 Å². The number of benzene rings is 3. The van der Waals surface area contributed by atoms with E-state index in [0.29, 0.717) is 33.9 Å². The first-order chi connectivity index (χ1) is 17.7. The summed E-state index contributed by atoms with van der Waals surface area (Å²) < 4.78 is 27.9. The first kappa shape index (κ1) is 23.9. The van der Waals surface area contributed by atoms with Gasteiger partial charge >= 0.3 is 5.97 Å². The molecule has 0 radical (unpaired) electrons. The third kappa shape index (κ3) is 3.92. The van der Waals surface area contributed by atoms with Gasteiger partial charge in [0.05, 0.1) is 27.8 Å². The van der Waals surface area contributed by atoms with Gasteiger partial charge in [-0.1, -0.05) is 0 Å². The molecular weight excluding hydrogens is 484 g/mol. The Hall–Kier alpha value is -4.86. The number of methoxy groups -OCH3 is 3. The number of hydrogen-bond donors (Lipinski definition) is 3. The van der Waals surface area contributed by atoms with Crippen molar-refractivity contribution in [1.82, 2.24) is 0 Å². The SMILES string of the molecule is COc1cc([C@@H]2CC(=O)Oc3cc(O)c4c(=O)cc(-c5ccc(O)c(O)c5)oc4c32)cc(OC)c1OC. The lowest BCUT2D eigenvalue weighted by atomic mass is 9.84. The van der Waals surface area contributed by atoms with Crippen molar-refractivity contribution in [1.29, 1.82) is 0 Å². The number of esters is 1. The molecule has 0 unspecified atom stereocenters. The Morgan fingerprint density at radius 1 is 0.838 bits per heavy atom. The molecule has 1 aliphatic rings. The third-order valence-electron chi connectivity index (χ3n) is 6.27. The predicted octanol–water partition coefficient (Wildman–Crippen LogP) is 4.04. The lowest BCUT2D eigenvalue weighted by molar-refractivity contribution is -0.135. The van der Waals surface area contributed by atoms with Gasteiger partial charge in [-0.3, -0.25) is 9.59 Å². The zero-order chi connectivity index (χ0) is 26.4. The van der Waals surface area contributed by atoms with Crippen LogP contribution in [0.1, 0.15) is 23.5 Å². The second-order valence-corrected chi connectivity index (χ2v) is 8.38. The van der Waals surface area contributed by atoms with Crippen LogP contribution in [0.4, 0.5) is 0 Å². The molecule has 1 atom stereocenters. The van der Waals surface area contributed by atoms with Gasteiger partial charge in [0.15, 0.2) is 28.4 Å². The monoisotopic (exact) mass is 506 g/mol. The van der Waals surface area contributed by atoms with Crippen molar-refractivity contribution in [3.8, 4) is 51.6 Å². The summed E-state index contributed by atoms with van der Waals surface area (Å²) in [6.07, 6.45) is -0.0978. The number of rotatable bonds is 5. The Kier molecular flexibility index (Phi) is 5.79. The number of phenolic OH excluding ortho intramolecular Hbond substituents is 3. The van der Waals surface area contributed by atoms with Gasteiger partial charge in [-0.15, -0.1) is 0 Å². The number of aromatic hydroxyl groups is 3. The third-order valence-corrected chi connectivity index (χ3v) is 6.27. The quantitative estimate of drug-likeness (QED) is 0.206. The standard InChI is InChI=1S/C27H22O10/c1-33-21-7-13(8-22(34-2)26(21)35-3)14-9-23(32)36-20-11-18(31)25-17(30)10-19(37-27(25)24(14)20)12-4-5-15(28)16(29)6-12/h4-8,10-11,14,28-29,31H,9H2,1-3H3/t14-/m0/s1. The Morgan fingerprint density at radius 2 is 1.54 bits per heavy atom. The van der Waals surface area contributed by atoms with Gasteiger partial charge in [-0.05, 0) is 35.9 Å². The maximum atomic E-state index is 13.1. The van der Waals surface area contributed by atoms with Crippen LogP contribution in [0, 0.1) is 0 Å². The smallest absolute Gasteiger partial charge is 0.312 e. The van der Waals surface area contributed by atoms with E-state index in [1.165, 1.54) is 51.7 Å². The molecule has 0 aliphatic carbocycles. The zero-order valence-corrected chi connectivity index (χ0v) is 20.0. The molecule has 0 fully saturated rings. The maximum Gasteiger partial charge on any atom is 0.312 e. The Morgan fingerprint density at radius 3 is 2.16 bits per heavy atom. The Bertz CT molecular complexity index is 1590. The van der Waals surface area contributed by atoms with Crippen LogP contribution in [0.3, 0.4) is 0 Å². The molecule has 2 heterocycles. The first-order valence-corrected chi connectivity index (χ1v) is 11.1. The molecule has 0 spiro atoms. The molecule has 0 amide bonds. The minimum absolute atomic E-state index is 0.0105. The molecule has 0 bridgehead atoms. The fourth-order valence-corrected chi connectivity index (χ4v) is 4.57. The van der Waals surface area contributed by atoms with Gasteiger partial charge in [0.25, 0.3) is 0 Å². The molecule has 10 nitrogen and oxygen atoms in total. The average molecular weight is 506 g/mol. The summed E-state index contributed by atoms with van der Waals surface area (Å²) in [6.45, 7) is 0. The second kappa shape index (κ2) is 8.98. The fourth-order valence-electron chi connectivity index (χ4n) is 4.57. The van der Waals surface area contributed by atoms with Crippen LogP contribution in [-0.2, 0) is 4.79 Å². The van der Waals surface area contributed by atoms with E-state index < -0.39 is 28.8 Å². The van der Waals surface area contributed by atoms with Crippen molar-refractivity contribution in [3.63, 3.8) is 0 Å². The van der Waals surface area contributed by atoms with Gasteiger partial charge in [0.2, 0.25) is 5.75 Å². The molecule has 0 saturated carbocycles. The van der Waals surface area contributed by atoms with Crippen molar-refractivity contribution in [3.05, 3.63) is 63.8 Å². The first-order valence-electron chi connectivity index (χ1n) is 11.1. The van der Waals surface area contributed by atoms with Gasteiger partial charge in [0.1, 0.15) is 28.2 Å². The molecule has 37 heavy (non-hydrogen) atoms. The molecule has 0 saturated heterocycles. The van der Waals surface area contributed by atoms with Crippen LogP contribution in [0.25, 0.3) is 22.3 Å². The summed E-state index contributed by atoms with van der Waals surface area (Å²) >= 11 is 0. The summed E-state index contributed by atoms with van der Waals surface area (Å²) in [4.78, 5) is 25.7. The molecule has 4 aromatic rings. The highest BCUT2D eigenvalue weighted by atomic mass is 16.5. The molecular formula is C27H22O10. The predicted molar refractivity (Wildman–Crippen MR) is 131 cm³/mol. The summed E-state index contributed by atoms with van der Waals surface area (Å²) in [5.41, 5.74) is 0.725. The van der Waals surface area contributed by atoms with E-state index in [1.54, 1.807) is 12.1 Å². The summed E-state index contributed by atoms with van der Waals surface area (Å²) in [7, 11) is 4.41. The van der Waals surface area contributed by atoms with Crippen LogP contribution >= 0.6 is 0 Å². The number of phenols is 3. The minimum atomic E-state index is -0.667. The van der Waals surface area contributed by atoms with Gasteiger partial charge in [0, 0.05) is 29.2 Å². The van der Waals surface area contributed by atoms with Crippen molar-refractivity contribution in [2.24, 2.45) is 0 Å². The molecule has 1 aromatic heterocycles. The zero-order valence-electron chi connectivity index (χ0n) is 20.0. The van der Waals surface area contributed by atoms with E-state index in [-0.39, 0.29) is 34.6 Å². The summed E-state index contributed by atoms with van der Waals surface area (Å²) in [5, 5.41) is 30.2. The number of fused-ring (bicyclic) bond motifs is 3. The Balaban J connectivity index is 1.81. The number of ether oxygens (including phenoxy) is 4. The second-order valence-electron chi connectivity index (χ2n) is 8.38. The van der Waals surface area contributed by atoms with Crippen molar-refractivity contribution >= 4 is 16.9 Å². The van der Waals surface area contributed by atoms with Crippen LogP contribution in [0.2, 0.25) is 0 Å². The van der Waals surface area contributed by atoms with Crippen molar-refractivity contribution < 1.29 is 43.5 Å². The van der Waals surface area contributed by atoms with Gasteiger partial charge in [-0.2, -0.15) is 0 Å².